The minimum absolute atomic E-state index is 0.110. The maximum absolute atomic E-state index is 12.6. The minimum Gasteiger partial charge on any atom is -0.489 e. The molecule has 1 amide bonds. The Bertz CT molecular complexity index is 721. The van der Waals surface area contributed by atoms with E-state index in [1.807, 2.05) is 18.2 Å². The molecule has 2 aromatic rings. The van der Waals surface area contributed by atoms with Gasteiger partial charge in [-0.15, -0.1) is 0 Å². The molecule has 116 valence electrons. The third-order valence-corrected chi connectivity index (χ3v) is 3.70. The molecule has 1 aromatic carbocycles. The highest BCUT2D eigenvalue weighted by Gasteiger charge is 2.32. The molecule has 1 aliphatic carbocycles. The molecule has 23 heavy (non-hydrogen) atoms. The van der Waals surface area contributed by atoms with Crippen molar-refractivity contribution in [3.63, 3.8) is 0 Å². The number of carbonyl (C=O) groups is 1. The van der Waals surface area contributed by atoms with E-state index in [0.29, 0.717) is 17.9 Å². The van der Waals surface area contributed by atoms with Crippen molar-refractivity contribution in [3.05, 3.63) is 59.9 Å². The molecule has 0 spiro atoms. The number of nitrogens with zero attached hydrogens (tertiary/aromatic N) is 3. The van der Waals surface area contributed by atoms with E-state index in [-0.39, 0.29) is 18.5 Å². The third-order valence-electron chi connectivity index (χ3n) is 3.70. The lowest BCUT2D eigenvalue weighted by atomic mass is 10.2. The summed E-state index contributed by atoms with van der Waals surface area (Å²) in [7, 11) is 0. The van der Waals surface area contributed by atoms with Gasteiger partial charge < -0.3 is 9.64 Å². The molecule has 0 aliphatic heterocycles. The van der Waals surface area contributed by atoms with Crippen LogP contribution in [0.2, 0.25) is 0 Å². The van der Waals surface area contributed by atoms with Crippen molar-refractivity contribution in [2.75, 3.05) is 6.54 Å². The van der Waals surface area contributed by atoms with Crippen molar-refractivity contribution >= 4 is 5.91 Å². The zero-order chi connectivity index (χ0) is 16.1. The molecule has 0 unspecified atom stereocenters. The average Bonchev–Trinajstić information content (AvgIpc) is 3.43. The Morgan fingerprint density at radius 2 is 2.22 bits per heavy atom. The highest BCUT2D eigenvalue weighted by atomic mass is 16.5. The fourth-order valence-corrected chi connectivity index (χ4v) is 2.36. The standard InChI is InChI=1S/C18H17N3O2/c19-8-10-21(16-6-7-16)18(22)15-4-1-5-17(11-15)23-13-14-3-2-9-20-12-14/h1-5,9,11-12,16H,6-7,10,13H2. The van der Waals surface area contributed by atoms with Crippen molar-refractivity contribution in [3.8, 4) is 11.8 Å². The summed E-state index contributed by atoms with van der Waals surface area (Å²) < 4.78 is 5.72. The molecule has 0 N–H and O–H groups in total. The quantitative estimate of drug-likeness (QED) is 0.770. The lowest BCUT2D eigenvalue weighted by Crippen LogP contribution is -2.33. The molecule has 0 saturated heterocycles. The summed E-state index contributed by atoms with van der Waals surface area (Å²) in [4.78, 5) is 18.2. The Kier molecular flexibility index (Phi) is 4.53. The Balaban J connectivity index is 1.69. The van der Waals surface area contributed by atoms with Gasteiger partial charge in [0, 0.05) is 29.6 Å². The molecule has 0 atom stereocenters. The number of aromatic nitrogens is 1. The molecule has 1 heterocycles. The fraction of sp³-hybridized carbons (Fsp3) is 0.278. The third kappa shape index (κ3) is 3.86. The number of hydrogen-bond acceptors (Lipinski definition) is 4. The van der Waals surface area contributed by atoms with Gasteiger partial charge in [-0.05, 0) is 37.1 Å². The van der Waals surface area contributed by atoms with E-state index in [1.54, 1.807) is 35.5 Å². The maximum atomic E-state index is 12.6. The molecule has 5 nitrogen and oxygen atoms in total. The van der Waals surface area contributed by atoms with E-state index < -0.39 is 0 Å². The van der Waals surface area contributed by atoms with Crippen LogP contribution in [-0.2, 0) is 6.61 Å². The zero-order valence-corrected chi connectivity index (χ0v) is 12.7. The average molecular weight is 307 g/mol. The van der Waals surface area contributed by atoms with Gasteiger partial charge >= 0.3 is 0 Å². The second-order valence-corrected chi connectivity index (χ2v) is 5.50. The number of carbonyl (C=O) groups excluding carboxylic acids is 1. The van der Waals surface area contributed by atoms with Crippen LogP contribution in [0.5, 0.6) is 5.75 Å². The van der Waals surface area contributed by atoms with E-state index in [0.717, 1.165) is 18.4 Å². The van der Waals surface area contributed by atoms with Gasteiger partial charge in [-0.2, -0.15) is 5.26 Å². The first-order valence-electron chi connectivity index (χ1n) is 7.57. The van der Waals surface area contributed by atoms with Crippen molar-refractivity contribution in [1.82, 2.24) is 9.88 Å². The first-order valence-corrected chi connectivity index (χ1v) is 7.57. The van der Waals surface area contributed by atoms with Crippen LogP contribution in [0.3, 0.4) is 0 Å². The summed E-state index contributed by atoms with van der Waals surface area (Å²) in [6, 6.07) is 13.2. The molecule has 1 aromatic heterocycles. The molecule has 1 aliphatic rings. The number of pyridine rings is 1. The number of benzene rings is 1. The summed E-state index contributed by atoms with van der Waals surface area (Å²) in [5, 5.41) is 8.90. The lowest BCUT2D eigenvalue weighted by molar-refractivity contribution is 0.0764. The van der Waals surface area contributed by atoms with Gasteiger partial charge in [-0.1, -0.05) is 12.1 Å². The number of rotatable bonds is 6. The van der Waals surface area contributed by atoms with Crippen LogP contribution in [-0.4, -0.2) is 28.4 Å². The van der Waals surface area contributed by atoms with E-state index in [9.17, 15) is 4.79 Å². The van der Waals surface area contributed by atoms with E-state index in [4.69, 9.17) is 10.00 Å². The maximum Gasteiger partial charge on any atom is 0.255 e. The van der Waals surface area contributed by atoms with Gasteiger partial charge in [0.25, 0.3) is 5.91 Å². The minimum atomic E-state index is -0.110. The molecular weight excluding hydrogens is 290 g/mol. The smallest absolute Gasteiger partial charge is 0.255 e. The van der Waals surface area contributed by atoms with Crippen LogP contribution in [0.4, 0.5) is 0 Å². The van der Waals surface area contributed by atoms with Gasteiger partial charge in [-0.3, -0.25) is 9.78 Å². The van der Waals surface area contributed by atoms with E-state index in [1.165, 1.54) is 0 Å². The number of amides is 1. The van der Waals surface area contributed by atoms with E-state index in [2.05, 4.69) is 11.1 Å². The van der Waals surface area contributed by atoms with Crippen LogP contribution >= 0.6 is 0 Å². The Hall–Kier alpha value is -2.87. The van der Waals surface area contributed by atoms with Gasteiger partial charge in [0.15, 0.2) is 0 Å². The zero-order valence-electron chi connectivity index (χ0n) is 12.7. The number of hydrogen-bond donors (Lipinski definition) is 0. The topological polar surface area (TPSA) is 66.2 Å². The van der Waals surface area contributed by atoms with E-state index >= 15 is 0 Å². The number of nitriles is 1. The summed E-state index contributed by atoms with van der Waals surface area (Å²) in [5.74, 6) is 0.522. The molecule has 5 heteroatoms. The summed E-state index contributed by atoms with van der Waals surface area (Å²) in [5.41, 5.74) is 1.52. The molecule has 0 bridgehead atoms. The van der Waals surface area contributed by atoms with Gasteiger partial charge in [0.1, 0.15) is 18.9 Å². The van der Waals surface area contributed by atoms with Gasteiger partial charge in [-0.25, -0.2) is 0 Å². The predicted molar refractivity (Wildman–Crippen MR) is 84.7 cm³/mol. The van der Waals surface area contributed by atoms with Crippen molar-refractivity contribution < 1.29 is 9.53 Å². The fourth-order valence-electron chi connectivity index (χ4n) is 2.36. The Morgan fingerprint density at radius 3 is 2.91 bits per heavy atom. The SMILES string of the molecule is N#CCN(C(=O)c1cccc(OCc2cccnc2)c1)C1CC1. The number of ether oxygens (including phenoxy) is 1. The first kappa shape index (κ1) is 15.0. The van der Waals surface area contributed by atoms with Gasteiger partial charge in [0.05, 0.1) is 6.07 Å². The van der Waals surface area contributed by atoms with Crippen LogP contribution in [0.1, 0.15) is 28.8 Å². The molecule has 1 saturated carbocycles. The first-order chi connectivity index (χ1) is 11.3. The molecule has 1 fully saturated rings. The second-order valence-electron chi connectivity index (χ2n) is 5.50. The lowest BCUT2D eigenvalue weighted by Gasteiger charge is -2.19. The monoisotopic (exact) mass is 307 g/mol. The van der Waals surface area contributed by atoms with Crippen molar-refractivity contribution in [2.24, 2.45) is 0 Å². The normalized spacial score (nSPS) is 13.2. The van der Waals surface area contributed by atoms with Crippen LogP contribution in [0.25, 0.3) is 0 Å². The molecular formula is C18H17N3O2. The van der Waals surface area contributed by atoms with Crippen molar-refractivity contribution in [1.29, 1.82) is 5.26 Å². The summed E-state index contributed by atoms with van der Waals surface area (Å²) in [6.07, 6.45) is 5.41. The Labute approximate surface area is 135 Å². The predicted octanol–water partition coefficient (Wildman–Crippen LogP) is 2.79. The molecule has 0 radical (unpaired) electrons. The van der Waals surface area contributed by atoms with Crippen LogP contribution < -0.4 is 4.74 Å². The summed E-state index contributed by atoms with van der Waals surface area (Å²) in [6.45, 7) is 0.528. The largest absolute Gasteiger partial charge is 0.489 e. The van der Waals surface area contributed by atoms with Crippen LogP contribution in [0.15, 0.2) is 48.8 Å². The van der Waals surface area contributed by atoms with Crippen LogP contribution in [0, 0.1) is 11.3 Å². The van der Waals surface area contributed by atoms with Crippen molar-refractivity contribution in [2.45, 2.75) is 25.5 Å². The van der Waals surface area contributed by atoms with Gasteiger partial charge in [0.2, 0.25) is 0 Å². The highest BCUT2D eigenvalue weighted by Crippen LogP contribution is 2.28. The highest BCUT2D eigenvalue weighted by molar-refractivity contribution is 5.95. The second kappa shape index (κ2) is 6.93. The Morgan fingerprint density at radius 1 is 1.35 bits per heavy atom. The molecule has 3 rings (SSSR count). The summed E-state index contributed by atoms with van der Waals surface area (Å²) >= 11 is 0.